The van der Waals surface area contributed by atoms with Gasteiger partial charge in [-0.15, -0.1) is 0 Å². The molecule has 0 bridgehead atoms. The number of carboxylic acids is 1. The maximum absolute atomic E-state index is 12.8. The van der Waals surface area contributed by atoms with Crippen molar-refractivity contribution in [1.82, 2.24) is 20.7 Å². The number of hydrogen-bond donors (Lipinski definition) is 3. The zero-order chi connectivity index (χ0) is 21.5. The number of nitrogens with one attached hydrogen (secondary N) is 2. The number of rotatable bonds is 7. The number of carboxylic acid groups (broad SMARTS) is 1. The summed E-state index contributed by atoms with van der Waals surface area (Å²) in [4.78, 5) is 38.3. The number of aliphatic carboxylic acids is 1. The van der Waals surface area contributed by atoms with Gasteiger partial charge in [0.15, 0.2) is 5.76 Å². The molecule has 2 atom stereocenters. The third-order valence-corrected chi connectivity index (χ3v) is 5.68. The van der Waals surface area contributed by atoms with Crippen molar-refractivity contribution in [2.45, 2.75) is 45.1 Å². The molecule has 1 aromatic heterocycles. The number of allylic oxidation sites excluding steroid dienone is 1. The Balaban J connectivity index is 1.57. The summed E-state index contributed by atoms with van der Waals surface area (Å²) in [5.74, 6) is -1.03. The lowest BCUT2D eigenvalue weighted by atomic mass is 9.95. The van der Waals surface area contributed by atoms with Crippen LogP contribution in [0.4, 0.5) is 0 Å². The van der Waals surface area contributed by atoms with Crippen LogP contribution in [0.1, 0.15) is 49.6 Å². The van der Waals surface area contributed by atoms with Gasteiger partial charge in [-0.3, -0.25) is 14.4 Å². The van der Waals surface area contributed by atoms with Gasteiger partial charge in [-0.2, -0.15) is 0 Å². The van der Waals surface area contributed by atoms with E-state index in [-0.39, 0.29) is 24.2 Å². The highest BCUT2D eigenvalue weighted by molar-refractivity contribution is 5.88. The number of aryl methyl sites for hydroxylation is 1. The largest absolute Gasteiger partial charge is 0.481 e. The molecule has 9 heteroatoms. The second-order valence-electron chi connectivity index (χ2n) is 8.10. The molecule has 2 aliphatic heterocycles. The van der Waals surface area contributed by atoms with Gasteiger partial charge in [-0.05, 0) is 57.7 Å². The second-order valence-corrected chi connectivity index (χ2v) is 8.10. The second kappa shape index (κ2) is 10.4. The molecule has 0 aromatic carbocycles. The number of carbonyl (C=O) groups is 3. The Kier molecular flexibility index (Phi) is 7.62. The molecule has 0 spiro atoms. The molecule has 2 amide bonds. The van der Waals surface area contributed by atoms with Crippen LogP contribution in [-0.4, -0.2) is 59.1 Å². The number of carbonyl (C=O) groups excluding carboxylic acids is 2. The van der Waals surface area contributed by atoms with Gasteiger partial charge in [0.05, 0.1) is 18.0 Å². The first-order chi connectivity index (χ1) is 14.4. The molecule has 3 rings (SSSR count). The van der Waals surface area contributed by atoms with Crippen LogP contribution in [0.25, 0.3) is 0 Å². The van der Waals surface area contributed by atoms with Crippen LogP contribution in [0, 0.1) is 18.8 Å². The summed E-state index contributed by atoms with van der Waals surface area (Å²) in [6.45, 7) is 4.62. The highest BCUT2D eigenvalue weighted by Crippen LogP contribution is 2.22. The topological polar surface area (TPSA) is 125 Å². The number of amides is 2. The Morgan fingerprint density at radius 2 is 2.13 bits per heavy atom. The minimum Gasteiger partial charge on any atom is -0.481 e. The minimum atomic E-state index is -1.04. The molecular weight excluding hydrogens is 388 g/mol. The predicted octanol–water partition coefficient (Wildman–Crippen LogP) is 1.41. The van der Waals surface area contributed by atoms with Gasteiger partial charge in [-0.25, -0.2) is 0 Å². The number of aromatic nitrogens is 1. The summed E-state index contributed by atoms with van der Waals surface area (Å²) in [6.07, 6.45) is 6.78. The van der Waals surface area contributed by atoms with E-state index in [9.17, 15) is 19.5 Å². The summed E-state index contributed by atoms with van der Waals surface area (Å²) < 4.78 is 5.16. The number of piperidine rings is 2. The monoisotopic (exact) mass is 418 g/mol. The van der Waals surface area contributed by atoms with Crippen molar-refractivity contribution in [3.05, 3.63) is 29.7 Å². The number of likely N-dealkylation sites (tertiary alicyclic amines) is 1. The smallest absolute Gasteiger partial charge is 0.305 e. The van der Waals surface area contributed by atoms with E-state index in [4.69, 9.17) is 4.52 Å². The molecule has 0 saturated carbocycles. The molecule has 2 aliphatic rings. The molecule has 1 unspecified atom stereocenters. The fraction of sp³-hybridized carbons (Fsp3) is 0.619. The van der Waals surface area contributed by atoms with Gasteiger partial charge in [0.2, 0.25) is 11.8 Å². The van der Waals surface area contributed by atoms with Crippen LogP contribution in [0.2, 0.25) is 0 Å². The summed E-state index contributed by atoms with van der Waals surface area (Å²) >= 11 is 0. The van der Waals surface area contributed by atoms with Crippen molar-refractivity contribution < 1.29 is 24.0 Å². The first kappa shape index (κ1) is 22.0. The Hall–Kier alpha value is -2.68. The van der Waals surface area contributed by atoms with Gasteiger partial charge in [-0.1, -0.05) is 11.2 Å². The highest BCUT2D eigenvalue weighted by Gasteiger charge is 2.31. The molecule has 2 saturated heterocycles. The summed E-state index contributed by atoms with van der Waals surface area (Å²) in [5, 5.41) is 19.0. The average molecular weight is 418 g/mol. The molecule has 1 aromatic rings. The van der Waals surface area contributed by atoms with Crippen molar-refractivity contribution >= 4 is 17.8 Å². The first-order valence-electron chi connectivity index (χ1n) is 10.6. The maximum Gasteiger partial charge on any atom is 0.305 e. The van der Waals surface area contributed by atoms with Crippen LogP contribution in [0.3, 0.4) is 0 Å². The van der Waals surface area contributed by atoms with Gasteiger partial charge in [0.1, 0.15) is 6.04 Å². The summed E-state index contributed by atoms with van der Waals surface area (Å²) in [6, 6.07) is 0.831. The van der Waals surface area contributed by atoms with Crippen molar-refractivity contribution in [1.29, 1.82) is 0 Å². The highest BCUT2D eigenvalue weighted by atomic mass is 16.5. The third kappa shape index (κ3) is 6.16. The summed E-state index contributed by atoms with van der Waals surface area (Å²) in [5.41, 5.74) is 0.615. The maximum atomic E-state index is 12.8. The standard InChI is InChI=1S/C21H30N4O5/c1-14-11-18(30-24-14)17(12-20(27)28)23-21(29)16-3-2-10-25(13-16)19(26)5-4-15-6-8-22-9-7-15/h4-5,11,15-17,22H,2-3,6-10,12-13H2,1H3,(H,23,29)(H,27,28)/b5-4+/t16-,17?/m1/s1. The lowest BCUT2D eigenvalue weighted by molar-refractivity contribution is -0.138. The average Bonchev–Trinajstić information content (AvgIpc) is 3.18. The lowest BCUT2D eigenvalue weighted by Crippen LogP contribution is -2.46. The molecule has 9 nitrogen and oxygen atoms in total. The van der Waals surface area contributed by atoms with Crippen LogP contribution in [0.5, 0.6) is 0 Å². The van der Waals surface area contributed by atoms with E-state index in [0.717, 1.165) is 32.4 Å². The normalized spacial score (nSPS) is 21.5. The minimum absolute atomic E-state index is 0.0704. The van der Waals surface area contributed by atoms with Crippen molar-refractivity contribution in [2.24, 2.45) is 11.8 Å². The van der Waals surface area contributed by atoms with Crippen molar-refractivity contribution in [2.75, 3.05) is 26.2 Å². The summed E-state index contributed by atoms with van der Waals surface area (Å²) in [7, 11) is 0. The fourth-order valence-electron chi connectivity index (χ4n) is 3.99. The van der Waals surface area contributed by atoms with E-state index in [1.54, 1.807) is 24.0 Å². The Morgan fingerprint density at radius 1 is 1.37 bits per heavy atom. The number of nitrogens with zero attached hydrogens (tertiary/aromatic N) is 2. The van der Waals surface area contributed by atoms with Gasteiger partial charge in [0, 0.05) is 19.2 Å². The van der Waals surface area contributed by atoms with Crippen LogP contribution in [0.15, 0.2) is 22.7 Å². The Bertz CT molecular complexity index is 784. The Labute approximate surface area is 175 Å². The van der Waals surface area contributed by atoms with E-state index in [1.165, 1.54) is 0 Å². The Morgan fingerprint density at radius 3 is 2.80 bits per heavy atom. The van der Waals surface area contributed by atoms with Gasteiger partial charge < -0.3 is 25.2 Å². The van der Waals surface area contributed by atoms with Crippen molar-refractivity contribution in [3.8, 4) is 0 Å². The van der Waals surface area contributed by atoms with Crippen LogP contribution in [-0.2, 0) is 14.4 Å². The lowest BCUT2D eigenvalue weighted by Gasteiger charge is -2.32. The van der Waals surface area contributed by atoms with Crippen LogP contribution < -0.4 is 10.6 Å². The molecule has 2 fully saturated rings. The van der Waals surface area contributed by atoms with Gasteiger partial charge >= 0.3 is 5.97 Å². The zero-order valence-electron chi connectivity index (χ0n) is 17.3. The van der Waals surface area contributed by atoms with Crippen LogP contribution >= 0.6 is 0 Å². The third-order valence-electron chi connectivity index (χ3n) is 5.68. The quantitative estimate of drug-likeness (QED) is 0.572. The molecule has 164 valence electrons. The zero-order valence-corrected chi connectivity index (χ0v) is 17.3. The molecular formula is C21H30N4O5. The molecule has 30 heavy (non-hydrogen) atoms. The SMILES string of the molecule is Cc1cc(C(CC(=O)O)NC(=O)[C@@H]2CCCN(C(=O)/C=C/C3CCNCC3)C2)on1. The van der Waals surface area contributed by atoms with E-state index in [0.29, 0.717) is 36.9 Å². The molecule has 3 heterocycles. The first-order valence-corrected chi connectivity index (χ1v) is 10.6. The predicted molar refractivity (Wildman–Crippen MR) is 108 cm³/mol. The van der Waals surface area contributed by atoms with Gasteiger partial charge in [0.25, 0.3) is 0 Å². The molecule has 0 aliphatic carbocycles. The van der Waals surface area contributed by atoms with E-state index >= 15 is 0 Å². The number of hydrogen-bond acceptors (Lipinski definition) is 6. The van der Waals surface area contributed by atoms with E-state index in [2.05, 4.69) is 15.8 Å². The van der Waals surface area contributed by atoms with E-state index in [1.807, 2.05) is 6.08 Å². The van der Waals surface area contributed by atoms with Crippen molar-refractivity contribution in [3.63, 3.8) is 0 Å². The molecule has 3 N–H and O–H groups in total. The van der Waals surface area contributed by atoms with E-state index < -0.39 is 12.0 Å². The molecule has 0 radical (unpaired) electrons. The fourth-order valence-corrected chi connectivity index (χ4v) is 3.99.